The summed E-state index contributed by atoms with van der Waals surface area (Å²) in [6.45, 7) is 0.741. The number of aromatic nitrogens is 3. The number of aryl methyl sites for hydroxylation is 3. The van der Waals surface area contributed by atoms with Crippen molar-refractivity contribution in [3.8, 4) is 17.2 Å². The fourth-order valence-electron chi connectivity index (χ4n) is 8.12. The Morgan fingerprint density at radius 2 is 1.00 bits per heavy atom. The van der Waals surface area contributed by atoms with Gasteiger partial charge in [0.2, 0.25) is 11.8 Å². The van der Waals surface area contributed by atoms with Crippen LogP contribution in [0.25, 0.3) is 0 Å². The van der Waals surface area contributed by atoms with E-state index in [0.717, 1.165) is 24.2 Å². The summed E-state index contributed by atoms with van der Waals surface area (Å²) in [5, 5.41) is 64.5. The average molecular weight is 1060 g/mol. The zero-order valence-electron chi connectivity index (χ0n) is 42.4. The van der Waals surface area contributed by atoms with Gasteiger partial charge in [0.1, 0.15) is 6.10 Å². The predicted octanol–water partition coefficient (Wildman–Crippen LogP) is -2.17. The second-order valence-electron chi connectivity index (χ2n) is 18.1. The number of carboxylic acid groups (broad SMARTS) is 1. The number of rotatable bonds is 26. The average Bonchev–Trinajstić information content (AvgIpc) is 3.37. The highest BCUT2D eigenvalue weighted by Gasteiger charge is 2.35. The predicted molar refractivity (Wildman–Crippen MR) is 273 cm³/mol. The van der Waals surface area contributed by atoms with Crippen molar-refractivity contribution in [2.45, 2.75) is 25.4 Å². The maximum Gasteiger partial charge on any atom is 0.303 e. The largest absolute Gasteiger partial charge is 0.502 e. The Balaban J connectivity index is 1.44. The van der Waals surface area contributed by atoms with Crippen molar-refractivity contribution in [2.75, 3.05) is 77.8 Å². The lowest BCUT2D eigenvalue weighted by molar-refractivity contribution is -0.144. The quantitative estimate of drug-likeness (QED) is 0.0320. The zero-order chi connectivity index (χ0) is 55.8. The van der Waals surface area contributed by atoms with Gasteiger partial charge in [-0.15, -0.1) is 0 Å². The fraction of sp³-hybridized carbons (Fsp3) is 0.400. The number of hydrogen-bond donors (Lipinski definition) is 10. The first kappa shape index (κ1) is 58.3. The molecule has 3 aromatic heterocycles. The molecule has 3 unspecified atom stereocenters. The van der Waals surface area contributed by atoms with Crippen LogP contribution in [-0.4, -0.2) is 174 Å². The molecule has 6 amide bonds. The lowest BCUT2D eigenvalue weighted by atomic mass is 9.97. The van der Waals surface area contributed by atoms with Crippen molar-refractivity contribution < 1.29 is 59.1 Å². The molecule has 0 radical (unpaired) electrons. The van der Waals surface area contributed by atoms with Crippen molar-refractivity contribution in [2.24, 2.45) is 33.0 Å². The monoisotopic (exact) mass is 1060 g/mol. The van der Waals surface area contributed by atoms with Crippen LogP contribution >= 0.6 is 0 Å². The normalized spacial score (nSPS) is 14.6. The summed E-state index contributed by atoms with van der Waals surface area (Å²) >= 11 is 0. The summed E-state index contributed by atoms with van der Waals surface area (Å²) in [4.78, 5) is 131. The van der Waals surface area contributed by atoms with E-state index < -0.39 is 93.3 Å². The third kappa shape index (κ3) is 15.9. The van der Waals surface area contributed by atoms with Crippen molar-refractivity contribution in [1.29, 1.82) is 0 Å². The van der Waals surface area contributed by atoms with Gasteiger partial charge in [0.05, 0.1) is 29.0 Å². The van der Waals surface area contributed by atoms with Crippen LogP contribution < -0.4 is 43.3 Å². The molecule has 0 spiro atoms. The van der Waals surface area contributed by atoms with Gasteiger partial charge in [-0.3, -0.25) is 57.7 Å². The minimum Gasteiger partial charge on any atom is -0.502 e. The number of aliphatic hydroxyl groups excluding tert-OH is 1. The number of anilines is 1. The van der Waals surface area contributed by atoms with E-state index in [2.05, 4.69) is 26.6 Å². The molecular formula is C50H63N11O15. The first-order chi connectivity index (χ1) is 36.1. The molecule has 0 saturated carbocycles. The number of hydrogen-bond acceptors (Lipinski definition) is 16. The minimum atomic E-state index is -1.63. The highest BCUT2D eigenvalue weighted by molar-refractivity contribution is 5.98. The molecule has 3 atom stereocenters. The maximum atomic E-state index is 13.3. The van der Waals surface area contributed by atoms with Gasteiger partial charge in [-0.25, -0.2) is 0 Å². The molecular weight excluding hydrogens is 995 g/mol. The third-order valence-electron chi connectivity index (χ3n) is 12.5. The molecule has 10 N–H and O–H groups in total. The van der Waals surface area contributed by atoms with E-state index in [1.54, 1.807) is 24.3 Å². The van der Waals surface area contributed by atoms with Crippen LogP contribution in [0.3, 0.4) is 0 Å². The number of carboxylic acids is 1. The van der Waals surface area contributed by atoms with E-state index in [1.807, 2.05) is 9.80 Å². The molecule has 1 aliphatic heterocycles. The number of nitrogens with one attached hydrogen (secondary N) is 5. The molecule has 76 heavy (non-hydrogen) atoms. The topological polar surface area (TPSA) is 357 Å². The first-order valence-corrected chi connectivity index (χ1v) is 24.0. The number of aromatic hydroxyl groups is 3. The molecule has 26 nitrogen and oxygen atoms in total. The molecule has 5 rings (SSSR count). The molecule has 0 saturated heterocycles. The van der Waals surface area contributed by atoms with E-state index in [0.29, 0.717) is 12.1 Å². The number of carbonyl (C=O) groups excluding carboxylic acids is 6. The van der Waals surface area contributed by atoms with Crippen molar-refractivity contribution in [3.05, 3.63) is 127 Å². The van der Waals surface area contributed by atoms with Crippen LogP contribution in [0.2, 0.25) is 0 Å². The summed E-state index contributed by atoms with van der Waals surface area (Å²) in [5.41, 5.74) is -1.99. The van der Waals surface area contributed by atoms with Crippen LogP contribution in [0.4, 0.5) is 5.69 Å². The third-order valence-corrected chi connectivity index (χ3v) is 12.5. The van der Waals surface area contributed by atoms with E-state index >= 15 is 0 Å². The number of amides is 6. The molecule has 0 bridgehead atoms. The van der Waals surface area contributed by atoms with Gasteiger partial charge in [-0.05, 0) is 48.2 Å². The molecule has 1 aromatic carbocycles. The first-order valence-electron chi connectivity index (χ1n) is 24.0. The molecule has 1 aliphatic rings. The van der Waals surface area contributed by atoms with Gasteiger partial charge in [0.25, 0.3) is 40.3 Å². The van der Waals surface area contributed by atoms with Gasteiger partial charge < -0.3 is 70.7 Å². The summed E-state index contributed by atoms with van der Waals surface area (Å²) in [6.07, 6.45) is 4.82. The molecule has 4 heterocycles. The number of pyridine rings is 3. The second-order valence-corrected chi connectivity index (χ2v) is 18.1. The molecule has 26 heteroatoms. The Hall–Kier alpha value is -8.62. The number of likely N-dealkylation sites (N-methyl/N-ethyl adjacent to an activating group) is 1. The summed E-state index contributed by atoms with van der Waals surface area (Å²) in [7, 11) is 5.66. The van der Waals surface area contributed by atoms with E-state index in [9.17, 15) is 68.4 Å². The molecule has 408 valence electrons. The van der Waals surface area contributed by atoms with Crippen LogP contribution in [0.15, 0.2) is 87.7 Å². The van der Waals surface area contributed by atoms with Gasteiger partial charge in [0.15, 0.2) is 17.2 Å². The van der Waals surface area contributed by atoms with Crippen LogP contribution in [0, 0.1) is 11.8 Å². The molecule has 0 aliphatic carbocycles. The number of aliphatic carboxylic acids is 1. The van der Waals surface area contributed by atoms with Crippen LogP contribution in [0.5, 0.6) is 17.2 Å². The van der Waals surface area contributed by atoms with Crippen molar-refractivity contribution in [3.63, 3.8) is 0 Å². The zero-order valence-corrected chi connectivity index (χ0v) is 42.4. The van der Waals surface area contributed by atoms with E-state index in [4.69, 9.17) is 5.11 Å². The Bertz CT molecular complexity index is 2920. The smallest absolute Gasteiger partial charge is 0.303 e. The van der Waals surface area contributed by atoms with Crippen molar-refractivity contribution >= 4 is 47.1 Å². The summed E-state index contributed by atoms with van der Waals surface area (Å²) in [5.74, 6) is -9.01. The number of nitrogens with zero attached hydrogens (tertiary/aromatic N) is 6. The molecule has 4 aromatic rings. The standard InChI is InChI=1S/C50H63N11O15/c1-56-19-11-33(39(65)47(56)73)43(69)51-15-23-60(24-16-52-44(70)34-12-20-57(2)48(74)40(34)66)28-31(27-30-5-7-32(8-6-30)55-37(62)9-10-38(63)64)29-61(25-17-53-45(71)35-13-21-58(3)49(75)41(35)67)26-18-54-46(72)36-14-22-59(4)50(76)42(36)68/h5-8,11-14,19-22,31,33,39,65-68H,9-10,15-18,23-29H2,1-4H3,(H,51,69)(H,52,70)(H,53,71)(H,54,72)(H,55,62)(H,63,64). The number of benzene rings is 1. The minimum absolute atomic E-state index is 0.0149. The summed E-state index contributed by atoms with van der Waals surface area (Å²) < 4.78 is 3.30. The van der Waals surface area contributed by atoms with E-state index in [1.165, 1.54) is 77.3 Å². The molecule has 0 fully saturated rings. The lowest BCUT2D eigenvalue weighted by Crippen LogP contribution is -2.49. The van der Waals surface area contributed by atoms with Crippen molar-refractivity contribution in [1.82, 2.24) is 49.7 Å². The van der Waals surface area contributed by atoms with Gasteiger partial charge in [0, 0.05) is 131 Å². The SMILES string of the molecule is CN1C=CC(C(=O)NCCN(CCNC(=O)c2ccn(C)c(=O)c2O)CC(Cc2ccc(NC(=O)CCC(=O)O)cc2)CN(CCNC(=O)c2ccn(C)c(=O)c2O)CCNC(=O)c2ccn(C)c(=O)c2O)C(O)C1=O. The highest BCUT2D eigenvalue weighted by atomic mass is 16.4. The Kier molecular flexibility index (Phi) is 20.8. The number of aliphatic hydroxyl groups is 1. The van der Waals surface area contributed by atoms with Crippen LogP contribution in [0.1, 0.15) is 49.5 Å². The lowest BCUT2D eigenvalue weighted by Gasteiger charge is -2.32. The van der Waals surface area contributed by atoms with E-state index in [-0.39, 0.29) is 95.0 Å². The van der Waals surface area contributed by atoms with Crippen LogP contribution in [-0.2, 0) is 46.7 Å². The second kappa shape index (κ2) is 27.1. The Morgan fingerprint density at radius 1 is 0.592 bits per heavy atom. The summed E-state index contributed by atoms with van der Waals surface area (Å²) in [6, 6.07) is 10.6. The Labute approximate surface area is 434 Å². The maximum absolute atomic E-state index is 13.3. The number of carbonyl (C=O) groups is 7. The fourth-order valence-corrected chi connectivity index (χ4v) is 8.12. The highest BCUT2D eigenvalue weighted by Crippen LogP contribution is 2.19. The van der Waals surface area contributed by atoms with Gasteiger partial charge in [-0.1, -0.05) is 18.2 Å². The van der Waals surface area contributed by atoms with Gasteiger partial charge >= 0.3 is 5.97 Å². The van der Waals surface area contributed by atoms with Gasteiger partial charge in [-0.2, -0.15) is 0 Å². The Morgan fingerprint density at radius 3 is 1.41 bits per heavy atom.